The molecule has 0 spiro atoms. The lowest BCUT2D eigenvalue weighted by Gasteiger charge is -2.12. The molecule has 4 nitrogen and oxygen atoms in total. The van der Waals surface area contributed by atoms with Crippen molar-refractivity contribution >= 4 is 22.8 Å². The fraction of sp³-hybridized carbons (Fsp3) is 0.350. The second kappa shape index (κ2) is 7.97. The van der Waals surface area contributed by atoms with Crippen molar-refractivity contribution in [1.29, 1.82) is 0 Å². The van der Waals surface area contributed by atoms with Gasteiger partial charge in [0, 0.05) is 17.5 Å². The number of benzene rings is 2. The minimum Gasteiger partial charge on any atom is -0.493 e. The number of hydrogen-bond donors (Lipinski definition) is 2. The summed E-state index contributed by atoms with van der Waals surface area (Å²) in [4.78, 5) is 11.8. The Morgan fingerprint density at radius 1 is 1.12 bits per heavy atom. The van der Waals surface area contributed by atoms with Gasteiger partial charge in [0.05, 0.1) is 6.61 Å². The van der Waals surface area contributed by atoms with Gasteiger partial charge in [0.1, 0.15) is 5.75 Å². The predicted octanol–water partition coefficient (Wildman–Crippen LogP) is 3.82. The number of amides is 1. The van der Waals surface area contributed by atoms with Crippen LogP contribution in [0.2, 0.25) is 0 Å². The average Bonchev–Trinajstić information content (AvgIpc) is 3.00. The van der Waals surface area contributed by atoms with Crippen molar-refractivity contribution in [2.24, 2.45) is 0 Å². The maximum atomic E-state index is 11.8. The molecule has 2 N–H and O–H groups in total. The number of carbonyl (C=O) groups is 1. The molecule has 0 bridgehead atoms. The lowest BCUT2D eigenvalue weighted by atomic mass is 10.0. The molecule has 1 saturated heterocycles. The Morgan fingerprint density at radius 3 is 2.71 bits per heavy atom. The number of rotatable bonds is 7. The van der Waals surface area contributed by atoms with Crippen LogP contribution in [0.4, 0.5) is 0 Å². The molecule has 0 atom stereocenters. The van der Waals surface area contributed by atoms with Gasteiger partial charge in [0.25, 0.3) is 5.91 Å². The molecule has 0 aliphatic carbocycles. The molecule has 1 heterocycles. The first-order valence-electron chi connectivity index (χ1n) is 8.68. The SMILES string of the molecule is CCCCCCOc1cccc2cccc(/C=C3\CNNC3=O)c12. The van der Waals surface area contributed by atoms with Crippen LogP contribution in [0.5, 0.6) is 5.75 Å². The molecule has 126 valence electrons. The Bertz CT molecular complexity index is 747. The molecule has 0 unspecified atom stereocenters. The maximum absolute atomic E-state index is 11.8. The van der Waals surface area contributed by atoms with Crippen molar-refractivity contribution in [3.8, 4) is 5.75 Å². The normalized spacial score (nSPS) is 15.9. The number of nitrogens with one attached hydrogen (secondary N) is 2. The van der Waals surface area contributed by atoms with Crippen LogP contribution in [-0.2, 0) is 4.79 Å². The quantitative estimate of drug-likeness (QED) is 0.601. The molecule has 0 radical (unpaired) electrons. The number of unbranched alkanes of at least 4 members (excludes halogenated alkanes) is 3. The first-order valence-corrected chi connectivity index (χ1v) is 8.68. The summed E-state index contributed by atoms with van der Waals surface area (Å²) < 4.78 is 6.05. The van der Waals surface area contributed by atoms with Crippen LogP contribution >= 0.6 is 0 Å². The first kappa shape index (κ1) is 16.5. The van der Waals surface area contributed by atoms with Crippen LogP contribution in [-0.4, -0.2) is 19.1 Å². The third-order valence-electron chi connectivity index (χ3n) is 4.26. The van der Waals surface area contributed by atoms with Crippen LogP contribution in [0.15, 0.2) is 42.0 Å². The van der Waals surface area contributed by atoms with Gasteiger partial charge in [-0.15, -0.1) is 0 Å². The van der Waals surface area contributed by atoms with Crippen molar-refractivity contribution in [3.05, 3.63) is 47.5 Å². The molecule has 1 aliphatic heterocycles. The Morgan fingerprint density at radius 2 is 1.96 bits per heavy atom. The molecule has 2 aromatic rings. The van der Waals surface area contributed by atoms with Crippen molar-refractivity contribution in [2.45, 2.75) is 32.6 Å². The van der Waals surface area contributed by atoms with E-state index in [-0.39, 0.29) is 5.91 Å². The topological polar surface area (TPSA) is 50.4 Å². The summed E-state index contributed by atoms with van der Waals surface area (Å²) in [5.41, 5.74) is 7.23. The van der Waals surface area contributed by atoms with E-state index in [2.05, 4.69) is 29.9 Å². The van der Waals surface area contributed by atoms with Crippen LogP contribution in [0.1, 0.15) is 38.2 Å². The fourth-order valence-corrected chi connectivity index (χ4v) is 2.97. The van der Waals surface area contributed by atoms with Gasteiger partial charge in [-0.05, 0) is 29.5 Å². The van der Waals surface area contributed by atoms with E-state index < -0.39 is 0 Å². The minimum atomic E-state index is -0.0648. The molecule has 24 heavy (non-hydrogen) atoms. The second-order valence-corrected chi connectivity index (χ2v) is 6.09. The highest BCUT2D eigenvalue weighted by Gasteiger charge is 2.16. The van der Waals surface area contributed by atoms with Gasteiger partial charge in [-0.2, -0.15) is 0 Å². The minimum absolute atomic E-state index is 0.0648. The van der Waals surface area contributed by atoms with Gasteiger partial charge in [0.15, 0.2) is 0 Å². The molecule has 0 aromatic heterocycles. The highest BCUT2D eigenvalue weighted by Crippen LogP contribution is 2.30. The van der Waals surface area contributed by atoms with E-state index in [4.69, 9.17) is 4.74 Å². The zero-order chi connectivity index (χ0) is 16.8. The smallest absolute Gasteiger partial charge is 0.262 e. The van der Waals surface area contributed by atoms with Gasteiger partial charge in [-0.25, -0.2) is 5.43 Å². The summed E-state index contributed by atoms with van der Waals surface area (Å²) in [6, 6.07) is 12.2. The highest BCUT2D eigenvalue weighted by atomic mass is 16.5. The zero-order valence-corrected chi connectivity index (χ0v) is 14.1. The number of hydrazine groups is 1. The zero-order valence-electron chi connectivity index (χ0n) is 14.1. The second-order valence-electron chi connectivity index (χ2n) is 6.09. The van der Waals surface area contributed by atoms with Crippen molar-refractivity contribution in [2.75, 3.05) is 13.2 Å². The molecule has 1 amide bonds. The third-order valence-corrected chi connectivity index (χ3v) is 4.26. The van der Waals surface area contributed by atoms with E-state index in [9.17, 15) is 4.79 Å². The van der Waals surface area contributed by atoms with Crippen molar-refractivity contribution in [1.82, 2.24) is 10.9 Å². The van der Waals surface area contributed by atoms with Crippen LogP contribution in [0.25, 0.3) is 16.8 Å². The predicted molar refractivity (Wildman–Crippen MR) is 97.7 cm³/mol. The van der Waals surface area contributed by atoms with Gasteiger partial charge in [-0.3, -0.25) is 10.2 Å². The van der Waals surface area contributed by atoms with E-state index in [0.29, 0.717) is 6.54 Å². The summed E-state index contributed by atoms with van der Waals surface area (Å²) in [7, 11) is 0. The van der Waals surface area contributed by atoms with Crippen molar-refractivity contribution < 1.29 is 9.53 Å². The summed E-state index contributed by atoms with van der Waals surface area (Å²) in [6.45, 7) is 3.47. The fourth-order valence-electron chi connectivity index (χ4n) is 2.97. The number of hydrogen-bond acceptors (Lipinski definition) is 3. The Balaban J connectivity index is 1.88. The van der Waals surface area contributed by atoms with Crippen LogP contribution in [0, 0.1) is 0 Å². The van der Waals surface area contributed by atoms with E-state index in [1.165, 1.54) is 19.3 Å². The summed E-state index contributed by atoms with van der Waals surface area (Å²) in [5.74, 6) is 0.827. The standard InChI is InChI=1S/C20H24N2O2/c1-2-3-4-5-12-24-18-11-7-9-15-8-6-10-16(19(15)18)13-17-14-21-22-20(17)23/h6-11,13,21H,2-5,12,14H2,1H3,(H,22,23)/b17-13+. The van der Waals surface area contributed by atoms with E-state index in [1.807, 2.05) is 30.3 Å². The van der Waals surface area contributed by atoms with E-state index >= 15 is 0 Å². The molecule has 1 aliphatic rings. The van der Waals surface area contributed by atoms with Crippen LogP contribution in [0.3, 0.4) is 0 Å². The third kappa shape index (κ3) is 3.77. The van der Waals surface area contributed by atoms with E-state index in [0.717, 1.165) is 40.7 Å². The van der Waals surface area contributed by atoms with Gasteiger partial charge in [-0.1, -0.05) is 56.5 Å². The summed E-state index contributed by atoms with van der Waals surface area (Å²) in [6.07, 6.45) is 6.69. The monoisotopic (exact) mass is 324 g/mol. The highest BCUT2D eigenvalue weighted by molar-refractivity contribution is 6.03. The Kier molecular flexibility index (Phi) is 5.49. The molecular formula is C20H24N2O2. The molecule has 1 fully saturated rings. The summed E-state index contributed by atoms with van der Waals surface area (Å²) in [5, 5.41) is 2.20. The lowest BCUT2D eigenvalue weighted by molar-refractivity contribution is -0.116. The number of fused-ring (bicyclic) bond motifs is 1. The Hall–Kier alpha value is -2.33. The Labute approximate surface area is 142 Å². The van der Waals surface area contributed by atoms with Crippen LogP contribution < -0.4 is 15.6 Å². The van der Waals surface area contributed by atoms with Gasteiger partial charge >= 0.3 is 0 Å². The molecular weight excluding hydrogens is 300 g/mol. The molecule has 2 aromatic carbocycles. The maximum Gasteiger partial charge on any atom is 0.262 e. The largest absolute Gasteiger partial charge is 0.493 e. The number of ether oxygens (including phenoxy) is 1. The molecule has 3 rings (SSSR count). The van der Waals surface area contributed by atoms with Gasteiger partial charge in [0.2, 0.25) is 0 Å². The van der Waals surface area contributed by atoms with Crippen molar-refractivity contribution in [3.63, 3.8) is 0 Å². The van der Waals surface area contributed by atoms with Gasteiger partial charge < -0.3 is 4.74 Å². The van der Waals surface area contributed by atoms with E-state index in [1.54, 1.807) is 0 Å². The average molecular weight is 324 g/mol. The lowest BCUT2D eigenvalue weighted by Crippen LogP contribution is -2.25. The summed E-state index contributed by atoms with van der Waals surface area (Å²) >= 11 is 0. The number of carbonyl (C=O) groups excluding carboxylic acids is 1. The first-order chi connectivity index (χ1) is 11.8. The molecule has 4 heteroatoms. The molecule has 0 saturated carbocycles.